The van der Waals surface area contributed by atoms with Crippen LogP contribution in [0.1, 0.15) is 15.9 Å². The first-order valence-corrected chi connectivity index (χ1v) is 6.82. The third-order valence-corrected chi connectivity index (χ3v) is 3.23. The molecule has 0 saturated carbocycles. The summed E-state index contributed by atoms with van der Waals surface area (Å²) in [6.45, 7) is 0.321. The average molecular weight is 328 g/mol. The summed E-state index contributed by atoms with van der Waals surface area (Å²) >= 11 is 11.8. The van der Waals surface area contributed by atoms with Crippen LogP contribution in [0.3, 0.4) is 0 Å². The molecule has 0 aliphatic rings. The van der Waals surface area contributed by atoms with Gasteiger partial charge in [0, 0.05) is 16.6 Å². The zero-order valence-corrected chi connectivity index (χ0v) is 12.6. The number of hydrogen-bond acceptors (Lipinski definition) is 3. The van der Waals surface area contributed by atoms with E-state index in [0.29, 0.717) is 16.6 Å². The molecule has 0 atom stereocenters. The van der Waals surface area contributed by atoms with Crippen LogP contribution in [-0.4, -0.2) is 13.1 Å². The zero-order valence-electron chi connectivity index (χ0n) is 11.1. The Morgan fingerprint density at radius 1 is 1.19 bits per heavy atom. The fourth-order valence-electron chi connectivity index (χ4n) is 1.82. The van der Waals surface area contributed by atoms with Crippen LogP contribution < -0.4 is 5.32 Å². The van der Waals surface area contributed by atoms with E-state index < -0.39 is 11.8 Å². The second-order valence-electron chi connectivity index (χ2n) is 4.32. The molecular weight excluding hydrogens is 316 g/mol. The van der Waals surface area contributed by atoms with Gasteiger partial charge in [0.05, 0.1) is 18.4 Å². The van der Waals surface area contributed by atoms with Crippen LogP contribution in [0.2, 0.25) is 10.0 Å². The number of carbonyl (C=O) groups excluding carboxylic acids is 1. The van der Waals surface area contributed by atoms with Crippen molar-refractivity contribution in [3.8, 4) is 0 Å². The minimum atomic E-state index is -0.524. The largest absolute Gasteiger partial charge is 0.465 e. The second kappa shape index (κ2) is 6.78. The summed E-state index contributed by atoms with van der Waals surface area (Å²) in [6, 6.07) is 9.03. The van der Waals surface area contributed by atoms with Gasteiger partial charge in [0.1, 0.15) is 5.82 Å². The van der Waals surface area contributed by atoms with Crippen LogP contribution in [0.5, 0.6) is 0 Å². The zero-order chi connectivity index (χ0) is 15.4. The summed E-state index contributed by atoms with van der Waals surface area (Å²) in [6.07, 6.45) is 0. The number of rotatable bonds is 4. The Kier molecular flexibility index (Phi) is 5.04. The molecule has 110 valence electrons. The normalized spacial score (nSPS) is 10.3. The summed E-state index contributed by atoms with van der Waals surface area (Å²) in [7, 11) is 1.27. The van der Waals surface area contributed by atoms with Crippen molar-refractivity contribution < 1.29 is 13.9 Å². The number of nitrogens with one attached hydrogen (secondary N) is 1. The van der Waals surface area contributed by atoms with E-state index in [1.165, 1.54) is 25.3 Å². The van der Waals surface area contributed by atoms with Gasteiger partial charge in [-0.3, -0.25) is 0 Å². The maximum absolute atomic E-state index is 13.7. The predicted octanol–water partition coefficient (Wildman–Crippen LogP) is 4.53. The van der Waals surface area contributed by atoms with Crippen molar-refractivity contribution in [3.63, 3.8) is 0 Å². The third kappa shape index (κ3) is 4.09. The molecule has 0 aromatic heterocycles. The molecule has 0 heterocycles. The molecule has 0 amide bonds. The number of anilines is 1. The number of ether oxygens (including phenoxy) is 1. The van der Waals surface area contributed by atoms with Crippen LogP contribution in [0, 0.1) is 5.82 Å². The van der Waals surface area contributed by atoms with Crippen molar-refractivity contribution in [2.45, 2.75) is 6.54 Å². The van der Waals surface area contributed by atoms with E-state index >= 15 is 0 Å². The first kappa shape index (κ1) is 15.6. The van der Waals surface area contributed by atoms with Gasteiger partial charge in [0.25, 0.3) is 0 Å². The maximum Gasteiger partial charge on any atom is 0.337 e. The smallest absolute Gasteiger partial charge is 0.337 e. The van der Waals surface area contributed by atoms with E-state index in [1.807, 2.05) is 0 Å². The van der Waals surface area contributed by atoms with E-state index in [-0.39, 0.29) is 11.3 Å². The maximum atomic E-state index is 13.7. The van der Waals surface area contributed by atoms with Gasteiger partial charge in [-0.2, -0.15) is 0 Å². The Balaban J connectivity index is 2.17. The second-order valence-corrected chi connectivity index (χ2v) is 5.19. The first-order valence-electron chi connectivity index (χ1n) is 6.06. The molecule has 0 aliphatic heterocycles. The third-order valence-electron chi connectivity index (χ3n) is 2.79. The summed E-state index contributed by atoms with van der Waals surface area (Å²) in [4.78, 5) is 11.4. The Morgan fingerprint density at radius 2 is 1.86 bits per heavy atom. The van der Waals surface area contributed by atoms with Gasteiger partial charge in [-0.05, 0) is 42.0 Å². The monoisotopic (exact) mass is 327 g/mol. The fourth-order valence-corrected chi connectivity index (χ4v) is 2.39. The Morgan fingerprint density at radius 3 is 2.48 bits per heavy atom. The molecule has 0 fully saturated rings. The highest BCUT2D eigenvalue weighted by Crippen LogP contribution is 2.21. The van der Waals surface area contributed by atoms with E-state index in [4.69, 9.17) is 23.2 Å². The number of esters is 1. The van der Waals surface area contributed by atoms with Crippen molar-refractivity contribution in [2.75, 3.05) is 12.4 Å². The van der Waals surface area contributed by atoms with Crippen LogP contribution >= 0.6 is 23.2 Å². The van der Waals surface area contributed by atoms with Gasteiger partial charge in [-0.15, -0.1) is 0 Å². The Hall–Kier alpha value is -1.78. The van der Waals surface area contributed by atoms with Crippen LogP contribution in [0.15, 0.2) is 36.4 Å². The van der Waals surface area contributed by atoms with Crippen molar-refractivity contribution in [1.29, 1.82) is 0 Å². The molecule has 0 aliphatic carbocycles. The predicted molar refractivity (Wildman–Crippen MR) is 81.5 cm³/mol. The van der Waals surface area contributed by atoms with Gasteiger partial charge in [-0.1, -0.05) is 23.2 Å². The summed E-state index contributed by atoms with van der Waals surface area (Å²) in [5.74, 6) is -0.986. The highest BCUT2D eigenvalue weighted by molar-refractivity contribution is 6.34. The van der Waals surface area contributed by atoms with Gasteiger partial charge in [0.15, 0.2) is 0 Å². The van der Waals surface area contributed by atoms with Gasteiger partial charge in [0.2, 0.25) is 0 Å². The highest BCUT2D eigenvalue weighted by atomic mass is 35.5. The molecule has 2 aromatic carbocycles. The minimum absolute atomic E-state index is 0.203. The molecule has 2 aromatic rings. The number of carbonyl (C=O) groups is 1. The number of halogens is 3. The minimum Gasteiger partial charge on any atom is -0.465 e. The van der Waals surface area contributed by atoms with Crippen LogP contribution in [-0.2, 0) is 11.3 Å². The van der Waals surface area contributed by atoms with E-state index in [1.54, 1.807) is 18.2 Å². The lowest BCUT2D eigenvalue weighted by Crippen LogP contribution is -2.05. The molecule has 0 spiro atoms. The van der Waals surface area contributed by atoms with Gasteiger partial charge >= 0.3 is 5.97 Å². The van der Waals surface area contributed by atoms with Crippen molar-refractivity contribution in [1.82, 2.24) is 0 Å². The number of hydrogen-bond donors (Lipinski definition) is 1. The fraction of sp³-hybridized carbons (Fsp3) is 0.133. The van der Waals surface area contributed by atoms with Crippen molar-refractivity contribution in [2.24, 2.45) is 0 Å². The molecule has 2 rings (SSSR count). The van der Waals surface area contributed by atoms with E-state index in [9.17, 15) is 9.18 Å². The summed E-state index contributed by atoms with van der Waals surface area (Å²) in [5, 5.41) is 3.91. The first-order chi connectivity index (χ1) is 9.99. The van der Waals surface area contributed by atoms with E-state index in [2.05, 4.69) is 10.1 Å². The quantitative estimate of drug-likeness (QED) is 0.838. The molecule has 6 heteroatoms. The molecule has 0 radical (unpaired) electrons. The van der Waals surface area contributed by atoms with Crippen molar-refractivity contribution >= 4 is 34.9 Å². The number of methoxy groups -OCH3 is 1. The van der Waals surface area contributed by atoms with E-state index in [0.717, 1.165) is 5.56 Å². The van der Waals surface area contributed by atoms with Gasteiger partial charge in [-0.25, -0.2) is 9.18 Å². The molecule has 1 N–H and O–H groups in total. The Bertz CT molecular complexity index is 656. The Labute approximate surface area is 131 Å². The van der Waals surface area contributed by atoms with Crippen LogP contribution in [0.25, 0.3) is 0 Å². The molecule has 3 nitrogen and oxygen atoms in total. The standard InChI is InChI=1S/C15H12Cl2FNO2/c1-21-15(20)10-2-3-13(18)14(6-10)19-8-9-4-11(16)7-12(17)5-9/h2-7,19H,8H2,1H3. The van der Waals surface area contributed by atoms with Crippen molar-refractivity contribution in [3.05, 3.63) is 63.4 Å². The van der Waals surface area contributed by atoms with Gasteiger partial charge < -0.3 is 10.1 Å². The van der Waals surface area contributed by atoms with Crippen LogP contribution in [0.4, 0.5) is 10.1 Å². The lowest BCUT2D eigenvalue weighted by molar-refractivity contribution is 0.0600. The lowest BCUT2D eigenvalue weighted by Gasteiger charge is -2.10. The lowest BCUT2D eigenvalue weighted by atomic mass is 10.1. The molecule has 0 bridgehead atoms. The topological polar surface area (TPSA) is 38.3 Å². The summed E-state index contributed by atoms with van der Waals surface area (Å²) in [5.41, 5.74) is 1.27. The molecular formula is C15H12Cl2FNO2. The average Bonchev–Trinajstić information content (AvgIpc) is 2.44. The molecule has 21 heavy (non-hydrogen) atoms. The number of benzene rings is 2. The summed E-state index contributed by atoms with van der Waals surface area (Å²) < 4.78 is 18.3. The SMILES string of the molecule is COC(=O)c1ccc(F)c(NCc2cc(Cl)cc(Cl)c2)c1. The highest BCUT2D eigenvalue weighted by Gasteiger charge is 2.10. The molecule has 0 unspecified atom stereocenters. The molecule has 0 saturated heterocycles.